The predicted octanol–water partition coefficient (Wildman–Crippen LogP) is 3.42. The first-order valence-corrected chi connectivity index (χ1v) is 10.4. The average molecular weight is 393 g/mol. The van der Waals surface area contributed by atoms with Crippen molar-refractivity contribution in [3.8, 4) is 16.9 Å². The van der Waals surface area contributed by atoms with Gasteiger partial charge in [0.25, 0.3) is 0 Å². The standard InChI is InChI=1S/C19H20FNO5S/c1-27(24,25)16-6-7-17(18(20)12-16)13-2-4-14(5-3-13)26-15-8-10-21(11-9-15)19(22)23/h2-7,12,15H,8-11H2,1H3,(H,22,23). The zero-order valence-corrected chi connectivity index (χ0v) is 15.6. The molecular weight excluding hydrogens is 373 g/mol. The van der Waals surface area contributed by atoms with Gasteiger partial charge in [-0.2, -0.15) is 0 Å². The number of hydrogen-bond donors (Lipinski definition) is 1. The van der Waals surface area contributed by atoms with Gasteiger partial charge in [0.2, 0.25) is 0 Å². The Hall–Kier alpha value is -2.61. The zero-order chi connectivity index (χ0) is 19.6. The molecule has 2 aromatic carbocycles. The van der Waals surface area contributed by atoms with Crippen molar-refractivity contribution in [2.75, 3.05) is 19.3 Å². The van der Waals surface area contributed by atoms with Gasteiger partial charge in [-0.15, -0.1) is 0 Å². The van der Waals surface area contributed by atoms with E-state index in [2.05, 4.69) is 0 Å². The fourth-order valence-corrected chi connectivity index (χ4v) is 3.66. The van der Waals surface area contributed by atoms with Gasteiger partial charge in [-0.3, -0.25) is 0 Å². The minimum atomic E-state index is -3.46. The topological polar surface area (TPSA) is 83.9 Å². The van der Waals surface area contributed by atoms with E-state index in [1.54, 1.807) is 24.3 Å². The third-order valence-corrected chi connectivity index (χ3v) is 5.66. The number of ether oxygens (including phenoxy) is 1. The molecule has 6 nitrogen and oxygen atoms in total. The molecule has 1 saturated heterocycles. The molecular formula is C19H20FNO5S. The fraction of sp³-hybridized carbons (Fsp3) is 0.316. The lowest BCUT2D eigenvalue weighted by molar-refractivity contribution is 0.0895. The highest BCUT2D eigenvalue weighted by Crippen LogP contribution is 2.28. The molecule has 144 valence electrons. The summed E-state index contributed by atoms with van der Waals surface area (Å²) in [6, 6.07) is 10.7. The molecule has 0 aromatic heterocycles. The Labute approximate surface area is 157 Å². The second kappa shape index (κ2) is 7.56. The lowest BCUT2D eigenvalue weighted by atomic mass is 10.0. The highest BCUT2D eigenvalue weighted by atomic mass is 32.2. The number of piperidine rings is 1. The van der Waals surface area contributed by atoms with Crippen molar-refractivity contribution >= 4 is 15.9 Å². The normalized spacial score (nSPS) is 15.6. The van der Waals surface area contributed by atoms with Gasteiger partial charge in [0.1, 0.15) is 17.7 Å². The van der Waals surface area contributed by atoms with Gasteiger partial charge in [-0.1, -0.05) is 18.2 Å². The summed E-state index contributed by atoms with van der Waals surface area (Å²) in [5, 5.41) is 8.96. The summed E-state index contributed by atoms with van der Waals surface area (Å²) < 4.78 is 43.2. The van der Waals surface area contributed by atoms with Gasteiger partial charge in [0.15, 0.2) is 9.84 Å². The molecule has 1 heterocycles. The molecule has 0 aliphatic carbocycles. The number of carboxylic acid groups (broad SMARTS) is 1. The number of hydrogen-bond acceptors (Lipinski definition) is 4. The SMILES string of the molecule is CS(=O)(=O)c1ccc(-c2ccc(OC3CCN(C(=O)O)CC3)cc2)c(F)c1. The van der Waals surface area contributed by atoms with Gasteiger partial charge in [0, 0.05) is 37.8 Å². The zero-order valence-electron chi connectivity index (χ0n) is 14.8. The lowest BCUT2D eigenvalue weighted by Crippen LogP contribution is -2.41. The van der Waals surface area contributed by atoms with Gasteiger partial charge < -0.3 is 14.7 Å². The Bertz CT molecular complexity index is 935. The van der Waals surface area contributed by atoms with E-state index in [9.17, 15) is 17.6 Å². The highest BCUT2D eigenvalue weighted by molar-refractivity contribution is 7.90. The molecule has 1 aliphatic rings. The molecule has 0 unspecified atom stereocenters. The summed E-state index contributed by atoms with van der Waals surface area (Å²) in [7, 11) is -3.46. The monoisotopic (exact) mass is 393 g/mol. The lowest BCUT2D eigenvalue weighted by Gasteiger charge is -2.30. The van der Waals surface area contributed by atoms with Crippen LogP contribution in [0.1, 0.15) is 12.8 Å². The molecule has 1 amide bonds. The summed E-state index contributed by atoms with van der Waals surface area (Å²) in [6.07, 6.45) is 1.30. The van der Waals surface area contributed by atoms with E-state index in [0.717, 1.165) is 12.3 Å². The van der Waals surface area contributed by atoms with Crippen LogP contribution in [0.5, 0.6) is 5.75 Å². The highest BCUT2D eigenvalue weighted by Gasteiger charge is 2.23. The van der Waals surface area contributed by atoms with Crippen molar-refractivity contribution in [3.05, 3.63) is 48.3 Å². The van der Waals surface area contributed by atoms with E-state index < -0.39 is 21.7 Å². The maximum absolute atomic E-state index is 14.3. The summed E-state index contributed by atoms with van der Waals surface area (Å²) in [5.41, 5.74) is 0.921. The second-order valence-electron chi connectivity index (χ2n) is 6.53. The number of sulfone groups is 1. The third kappa shape index (κ3) is 4.57. The van der Waals surface area contributed by atoms with Crippen LogP contribution in [0.25, 0.3) is 11.1 Å². The number of likely N-dealkylation sites (tertiary alicyclic amines) is 1. The van der Waals surface area contributed by atoms with Crippen LogP contribution < -0.4 is 4.74 Å². The number of amides is 1. The van der Waals surface area contributed by atoms with Crippen molar-refractivity contribution in [3.63, 3.8) is 0 Å². The number of rotatable bonds is 4. The van der Waals surface area contributed by atoms with Crippen molar-refractivity contribution in [2.45, 2.75) is 23.8 Å². The number of benzene rings is 2. The van der Waals surface area contributed by atoms with Crippen LogP contribution in [0, 0.1) is 5.82 Å². The Balaban J connectivity index is 1.68. The van der Waals surface area contributed by atoms with Crippen molar-refractivity contribution in [1.29, 1.82) is 0 Å². The van der Waals surface area contributed by atoms with Crippen LogP contribution >= 0.6 is 0 Å². The number of nitrogens with zero attached hydrogens (tertiary/aromatic N) is 1. The van der Waals surface area contributed by atoms with E-state index in [0.29, 0.717) is 42.8 Å². The van der Waals surface area contributed by atoms with Crippen LogP contribution in [0.2, 0.25) is 0 Å². The molecule has 0 saturated carbocycles. The van der Waals surface area contributed by atoms with Gasteiger partial charge in [-0.25, -0.2) is 17.6 Å². The summed E-state index contributed by atoms with van der Waals surface area (Å²) in [6.45, 7) is 0.881. The molecule has 8 heteroatoms. The van der Waals surface area contributed by atoms with Gasteiger partial charge >= 0.3 is 6.09 Å². The Morgan fingerprint density at radius 2 is 1.78 bits per heavy atom. The summed E-state index contributed by atoms with van der Waals surface area (Å²) in [4.78, 5) is 12.2. The second-order valence-corrected chi connectivity index (χ2v) is 8.54. The largest absolute Gasteiger partial charge is 0.490 e. The van der Waals surface area contributed by atoms with E-state index >= 15 is 0 Å². The molecule has 1 N–H and O–H groups in total. The molecule has 1 fully saturated rings. The van der Waals surface area contributed by atoms with Gasteiger partial charge in [-0.05, 0) is 29.8 Å². The molecule has 0 spiro atoms. The quantitative estimate of drug-likeness (QED) is 0.861. The van der Waals surface area contributed by atoms with E-state index in [-0.39, 0.29) is 11.0 Å². The van der Waals surface area contributed by atoms with Crippen LogP contribution in [0.15, 0.2) is 47.4 Å². The fourth-order valence-electron chi connectivity index (χ4n) is 3.03. The van der Waals surface area contributed by atoms with Crippen LogP contribution in [0.4, 0.5) is 9.18 Å². The Morgan fingerprint density at radius 3 is 2.30 bits per heavy atom. The first kappa shape index (κ1) is 19.2. The van der Waals surface area contributed by atoms with E-state index in [4.69, 9.17) is 9.84 Å². The Kier molecular flexibility index (Phi) is 5.36. The predicted molar refractivity (Wildman–Crippen MR) is 98.2 cm³/mol. The minimum Gasteiger partial charge on any atom is -0.490 e. The molecule has 0 atom stereocenters. The third-order valence-electron chi connectivity index (χ3n) is 4.55. The smallest absolute Gasteiger partial charge is 0.407 e. The number of carbonyl (C=O) groups is 1. The van der Waals surface area contributed by atoms with Crippen molar-refractivity contribution in [2.24, 2.45) is 0 Å². The van der Waals surface area contributed by atoms with E-state index in [1.165, 1.54) is 17.0 Å². The molecule has 0 radical (unpaired) electrons. The molecule has 1 aliphatic heterocycles. The van der Waals surface area contributed by atoms with Crippen molar-refractivity contribution in [1.82, 2.24) is 4.90 Å². The number of halogens is 1. The van der Waals surface area contributed by atoms with Crippen LogP contribution in [-0.4, -0.2) is 50.0 Å². The minimum absolute atomic E-state index is 0.0581. The van der Waals surface area contributed by atoms with Crippen LogP contribution in [-0.2, 0) is 9.84 Å². The molecule has 3 rings (SSSR count). The van der Waals surface area contributed by atoms with Crippen molar-refractivity contribution < 1.29 is 27.4 Å². The molecule has 2 aromatic rings. The summed E-state index contributed by atoms with van der Waals surface area (Å²) >= 11 is 0. The first-order valence-electron chi connectivity index (χ1n) is 8.48. The maximum atomic E-state index is 14.3. The average Bonchev–Trinajstić information content (AvgIpc) is 2.62. The summed E-state index contributed by atoms with van der Waals surface area (Å²) in [5.74, 6) is 0.0216. The van der Waals surface area contributed by atoms with Crippen LogP contribution in [0.3, 0.4) is 0 Å². The Morgan fingerprint density at radius 1 is 1.15 bits per heavy atom. The van der Waals surface area contributed by atoms with E-state index in [1.807, 2.05) is 0 Å². The maximum Gasteiger partial charge on any atom is 0.407 e. The first-order chi connectivity index (χ1) is 12.7. The molecule has 0 bridgehead atoms. The van der Waals surface area contributed by atoms with Gasteiger partial charge in [0.05, 0.1) is 4.90 Å². The molecule has 27 heavy (non-hydrogen) atoms.